The second kappa shape index (κ2) is 14.0. The molecule has 0 unspecified atom stereocenters. The summed E-state index contributed by atoms with van der Waals surface area (Å²) in [5.41, 5.74) is 5.51. The van der Waals surface area contributed by atoms with Gasteiger partial charge < -0.3 is 25.2 Å². The van der Waals surface area contributed by atoms with E-state index in [0.29, 0.717) is 23.4 Å². The maximum absolute atomic E-state index is 13.1. The lowest BCUT2D eigenvalue weighted by atomic mass is 10.0. The van der Waals surface area contributed by atoms with Gasteiger partial charge in [-0.1, -0.05) is 48.5 Å². The number of thioether (sulfide) groups is 1. The summed E-state index contributed by atoms with van der Waals surface area (Å²) in [5, 5.41) is 15.2. The molecule has 3 N–H and O–H groups in total. The standard InChI is InChI=1S/C35H32N4O5S/c1-22(41)37-26-13-15-29(16-14-26)45-21-28-18-33(24-11-9-23(20-40)10-12-24)44-35(43-28)25-5-4-6-27(17-25)38-34(42)32-19-36-30-7-2-3-8-31(30)39-32/h2-17,19,28,33,35,40H,18,20-21H2,1H3,(H,37,41)(H,38,42)/t28-,33+,35+/m1/s1. The van der Waals surface area contributed by atoms with Gasteiger partial charge in [0.1, 0.15) is 5.69 Å². The number of carbonyl (C=O) groups excluding carboxylic acids is 2. The van der Waals surface area contributed by atoms with E-state index in [4.69, 9.17) is 9.47 Å². The van der Waals surface area contributed by atoms with Crippen LogP contribution in [0.5, 0.6) is 0 Å². The third-order valence-electron chi connectivity index (χ3n) is 7.32. The molecule has 6 rings (SSSR count). The van der Waals surface area contributed by atoms with Crippen molar-refractivity contribution in [2.45, 2.75) is 43.3 Å². The van der Waals surface area contributed by atoms with E-state index in [2.05, 4.69) is 20.6 Å². The topological polar surface area (TPSA) is 123 Å². The van der Waals surface area contributed by atoms with Crippen LogP contribution in [-0.4, -0.2) is 38.7 Å². The van der Waals surface area contributed by atoms with Gasteiger partial charge >= 0.3 is 0 Å². The highest BCUT2D eigenvalue weighted by Gasteiger charge is 2.32. The van der Waals surface area contributed by atoms with Crippen molar-refractivity contribution >= 4 is 46.0 Å². The Morgan fingerprint density at radius 3 is 2.40 bits per heavy atom. The number of amides is 2. The fourth-order valence-corrected chi connectivity index (χ4v) is 6.00. The number of anilines is 2. The number of aromatic nitrogens is 2. The third-order valence-corrected chi connectivity index (χ3v) is 8.47. The van der Waals surface area contributed by atoms with Crippen molar-refractivity contribution < 1.29 is 24.2 Å². The van der Waals surface area contributed by atoms with Crippen LogP contribution in [0.15, 0.2) is 108 Å². The maximum Gasteiger partial charge on any atom is 0.275 e. The fraction of sp³-hybridized carbons (Fsp3) is 0.200. The van der Waals surface area contributed by atoms with Gasteiger partial charge in [-0.3, -0.25) is 14.6 Å². The third kappa shape index (κ3) is 7.73. The van der Waals surface area contributed by atoms with Gasteiger partial charge in [0, 0.05) is 40.9 Å². The van der Waals surface area contributed by atoms with Gasteiger partial charge in [0.2, 0.25) is 5.91 Å². The SMILES string of the molecule is CC(=O)Nc1ccc(SC[C@H]2C[C@@H](c3ccc(CO)cc3)O[C@@H](c3cccc(NC(=O)c4cnc5ccccc5n4)c3)O2)cc1. The second-order valence-electron chi connectivity index (χ2n) is 10.7. The van der Waals surface area contributed by atoms with Crippen LogP contribution < -0.4 is 10.6 Å². The summed E-state index contributed by atoms with van der Waals surface area (Å²) in [7, 11) is 0. The Kier molecular flexibility index (Phi) is 9.46. The molecule has 1 aliphatic heterocycles. The van der Waals surface area contributed by atoms with Gasteiger partial charge in [-0.2, -0.15) is 0 Å². The lowest BCUT2D eigenvalue weighted by Crippen LogP contribution is -2.31. The number of hydrogen-bond donors (Lipinski definition) is 3. The molecule has 5 aromatic rings. The zero-order valence-electron chi connectivity index (χ0n) is 24.6. The highest BCUT2D eigenvalue weighted by molar-refractivity contribution is 7.99. The molecule has 45 heavy (non-hydrogen) atoms. The van der Waals surface area contributed by atoms with E-state index in [1.54, 1.807) is 11.8 Å². The molecule has 3 atom stereocenters. The van der Waals surface area contributed by atoms with E-state index in [1.807, 2.05) is 97.1 Å². The van der Waals surface area contributed by atoms with Crippen LogP contribution in [-0.2, 0) is 20.9 Å². The Labute approximate surface area is 265 Å². The van der Waals surface area contributed by atoms with E-state index < -0.39 is 6.29 Å². The van der Waals surface area contributed by atoms with Crippen molar-refractivity contribution in [1.29, 1.82) is 0 Å². The van der Waals surface area contributed by atoms with Crippen molar-refractivity contribution in [1.82, 2.24) is 9.97 Å². The predicted molar refractivity (Wildman–Crippen MR) is 174 cm³/mol. The number of aliphatic hydroxyl groups is 1. The number of nitrogens with one attached hydrogen (secondary N) is 2. The number of benzene rings is 4. The molecule has 1 aliphatic rings. The minimum absolute atomic E-state index is 0.0270. The summed E-state index contributed by atoms with van der Waals surface area (Å²) < 4.78 is 13.0. The minimum Gasteiger partial charge on any atom is -0.392 e. The summed E-state index contributed by atoms with van der Waals surface area (Å²) in [6, 6.07) is 30.3. The van der Waals surface area contributed by atoms with Gasteiger partial charge in [0.05, 0.1) is 36.0 Å². The molecule has 228 valence electrons. The Hall–Kier alpha value is -4.61. The number of aliphatic hydroxyl groups excluding tert-OH is 1. The first-order valence-corrected chi connectivity index (χ1v) is 15.6. The van der Waals surface area contributed by atoms with Crippen LogP contribution in [0.25, 0.3) is 11.0 Å². The van der Waals surface area contributed by atoms with Crippen molar-refractivity contribution in [2.75, 3.05) is 16.4 Å². The molecule has 1 aromatic heterocycles. The molecule has 0 bridgehead atoms. The number of rotatable bonds is 9. The summed E-state index contributed by atoms with van der Waals surface area (Å²) >= 11 is 1.67. The highest BCUT2D eigenvalue weighted by Crippen LogP contribution is 2.40. The van der Waals surface area contributed by atoms with E-state index in [-0.39, 0.29) is 36.3 Å². The maximum atomic E-state index is 13.1. The predicted octanol–water partition coefficient (Wildman–Crippen LogP) is 6.67. The molecule has 0 spiro atoms. The molecule has 10 heteroatoms. The first-order valence-electron chi connectivity index (χ1n) is 14.6. The molecule has 1 fully saturated rings. The molecular formula is C35H32N4O5S. The lowest BCUT2D eigenvalue weighted by Gasteiger charge is -2.36. The smallest absolute Gasteiger partial charge is 0.275 e. The van der Waals surface area contributed by atoms with Crippen molar-refractivity contribution in [3.63, 3.8) is 0 Å². The quantitative estimate of drug-likeness (QED) is 0.156. The molecule has 0 saturated carbocycles. The summed E-state index contributed by atoms with van der Waals surface area (Å²) in [4.78, 5) is 34.3. The zero-order valence-corrected chi connectivity index (χ0v) is 25.4. The molecule has 0 radical (unpaired) electrons. The van der Waals surface area contributed by atoms with Crippen molar-refractivity contribution in [2.24, 2.45) is 0 Å². The first kappa shape index (κ1) is 30.4. The van der Waals surface area contributed by atoms with E-state index in [9.17, 15) is 14.7 Å². The van der Waals surface area contributed by atoms with E-state index in [1.165, 1.54) is 13.1 Å². The Bertz CT molecular complexity index is 1800. The zero-order chi connectivity index (χ0) is 31.2. The molecule has 2 amide bonds. The van der Waals surface area contributed by atoms with Gasteiger partial charge in [0.25, 0.3) is 5.91 Å². The molecular weight excluding hydrogens is 588 g/mol. The Morgan fingerprint density at radius 1 is 0.867 bits per heavy atom. The largest absolute Gasteiger partial charge is 0.392 e. The minimum atomic E-state index is -0.675. The summed E-state index contributed by atoms with van der Waals surface area (Å²) in [5.74, 6) is 0.208. The number of para-hydroxylation sites is 2. The summed E-state index contributed by atoms with van der Waals surface area (Å²) in [6.45, 7) is 1.46. The van der Waals surface area contributed by atoms with Crippen LogP contribution in [0, 0.1) is 0 Å². The number of fused-ring (bicyclic) bond motifs is 1. The van der Waals surface area contributed by atoms with Gasteiger partial charge in [-0.25, -0.2) is 4.98 Å². The monoisotopic (exact) mass is 620 g/mol. The van der Waals surface area contributed by atoms with Crippen LogP contribution >= 0.6 is 11.8 Å². The van der Waals surface area contributed by atoms with Gasteiger partial charge in [0.15, 0.2) is 6.29 Å². The van der Waals surface area contributed by atoms with Crippen LogP contribution in [0.3, 0.4) is 0 Å². The number of nitrogens with zero attached hydrogens (tertiary/aromatic N) is 2. The second-order valence-corrected chi connectivity index (χ2v) is 11.8. The first-order chi connectivity index (χ1) is 21.9. The van der Waals surface area contributed by atoms with Crippen LogP contribution in [0.4, 0.5) is 11.4 Å². The molecule has 9 nitrogen and oxygen atoms in total. The van der Waals surface area contributed by atoms with Crippen LogP contribution in [0.1, 0.15) is 52.9 Å². The Morgan fingerprint density at radius 2 is 1.64 bits per heavy atom. The molecule has 4 aromatic carbocycles. The number of ether oxygens (including phenoxy) is 2. The van der Waals surface area contributed by atoms with Crippen LogP contribution in [0.2, 0.25) is 0 Å². The molecule has 2 heterocycles. The fourth-order valence-electron chi connectivity index (χ4n) is 5.07. The van der Waals surface area contributed by atoms with Crippen molar-refractivity contribution in [3.8, 4) is 0 Å². The van der Waals surface area contributed by atoms with Gasteiger partial charge in [-0.15, -0.1) is 11.8 Å². The average molecular weight is 621 g/mol. The van der Waals surface area contributed by atoms with E-state index in [0.717, 1.165) is 32.8 Å². The molecule has 0 aliphatic carbocycles. The number of carbonyl (C=O) groups is 2. The Balaban J connectivity index is 1.19. The average Bonchev–Trinajstić information content (AvgIpc) is 3.07. The number of hydrogen-bond acceptors (Lipinski definition) is 8. The van der Waals surface area contributed by atoms with E-state index >= 15 is 0 Å². The van der Waals surface area contributed by atoms with Crippen molar-refractivity contribution in [3.05, 3.63) is 126 Å². The van der Waals surface area contributed by atoms with Gasteiger partial charge in [-0.05, 0) is 59.7 Å². The summed E-state index contributed by atoms with van der Waals surface area (Å²) in [6.07, 6.45) is 1.05. The molecule has 1 saturated heterocycles. The highest BCUT2D eigenvalue weighted by atomic mass is 32.2. The lowest BCUT2D eigenvalue weighted by molar-refractivity contribution is -0.245. The normalized spacial score (nSPS) is 18.0.